The normalized spacial score (nSPS) is 12.9. The predicted molar refractivity (Wildman–Crippen MR) is 85.8 cm³/mol. The van der Waals surface area contributed by atoms with Crippen LogP contribution in [-0.2, 0) is 4.79 Å². The fraction of sp³-hybridized carbons (Fsp3) is 0.267. The quantitative estimate of drug-likeness (QED) is 0.807. The van der Waals surface area contributed by atoms with Crippen molar-refractivity contribution in [2.45, 2.75) is 19.0 Å². The third kappa shape index (κ3) is 3.35. The van der Waals surface area contributed by atoms with E-state index in [1.165, 1.54) is 15.7 Å². The summed E-state index contributed by atoms with van der Waals surface area (Å²) in [4.78, 5) is 24.3. The number of nitriles is 1. The summed E-state index contributed by atoms with van der Waals surface area (Å²) in [7, 11) is 1.65. The zero-order valence-corrected chi connectivity index (χ0v) is 12.9. The second-order valence-electron chi connectivity index (χ2n) is 5.14. The first-order valence-corrected chi connectivity index (χ1v) is 6.96. The summed E-state index contributed by atoms with van der Waals surface area (Å²) in [5, 5.41) is 11.5. The number of nitrogens with two attached hydrogens (primary N) is 1. The van der Waals surface area contributed by atoms with E-state index in [9.17, 15) is 9.59 Å². The summed E-state index contributed by atoms with van der Waals surface area (Å²) in [5.41, 5.74) is 6.79. The molecule has 2 atom stereocenters. The van der Waals surface area contributed by atoms with Crippen LogP contribution in [0.4, 0.5) is 16.2 Å². The van der Waals surface area contributed by atoms with Crippen molar-refractivity contribution in [1.82, 2.24) is 14.5 Å². The van der Waals surface area contributed by atoms with Crippen LogP contribution < -0.4 is 16.0 Å². The van der Waals surface area contributed by atoms with E-state index in [-0.39, 0.29) is 12.1 Å². The molecule has 8 nitrogen and oxygen atoms in total. The van der Waals surface area contributed by atoms with Gasteiger partial charge in [0.2, 0.25) is 6.41 Å². The monoisotopic (exact) mass is 314 g/mol. The van der Waals surface area contributed by atoms with Crippen molar-refractivity contribution < 1.29 is 9.59 Å². The summed E-state index contributed by atoms with van der Waals surface area (Å²) in [6.07, 6.45) is 7.13. The molecule has 2 aromatic heterocycles. The lowest BCUT2D eigenvalue weighted by Gasteiger charge is -2.19. The Kier molecular flexibility index (Phi) is 4.71. The lowest BCUT2D eigenvalue weighted by molar-refractivity contribution is -0.110. The van der Waals surface area contributed by atoms with Crippen LogP contribution in [0.3, 0.4) is 0 Å². The number of rotatable bonds is 5. The number of nitrogen functional groups attached to an aromatic ring is 1. The topological polar surface area (TPSA) is 109 Å². The molecular weight excluding hydrogens is 296 g/mol. The third-order valence-corrected chi connectivity index (χ3v) is 3.65. The molecule has 0 aliphatic rings. The van der Waals surface area contributed by atoms with Crippen molar-refractivity contribution in [2.24, 2.45) is 0 Å². The van der Waals surface area contributed by atoms with Crippen LogP contribution in [0.25, 0.3) is 0 Å². The Morgan fingerprint density at radius 1 is 1.43 bits per heavy atom. The maximum absolute atomic E-state index is 12.3. The van der Waals surface area contributed by atoms with E-state index >= 15 is 0 Å². The molecule has 0 radical (unpaired) electrons. The highest BCUT2D eigenvalue weighted by Crippen LogP contribution is 2.20. The molecule has 0 aromatic carbocycles. The minimum Gasteiger partial charge on any atom is -0.397 e. The van der Waals surface area contributed by atoms with Crippen LogP contribution in [-0.4, -0.2) is 34.7 Å². The van der Waals surface area contributed by atoms with Gasteiger partial charge in [0.25, 0.3) is 0 Å². The molecule has 0 bridgehead atoms. The number of amides is 2. The van der Waals surface area contributed by atoms with E-state index in [4.69, 9.17) is 11.0 Å². The van der Waals surface area contributed by atoms with Gasteiger partial charge in [-0.15, -0.1) is 0 Å². The van der Waals surface area contributed by atoms with Crippen molar-refractivity contribution in [2.75, 3.05) is 17.7 Å². The highest BCUT2D eigenvalue weighted by Gasteiger charge is 2.19. The predicted octanol–water partition coefficient (Wildman–Crippen LogP) is 1.18. The average molecular weight is 314 g/mol. The first-order valence-electron chi connectivity index (χ1n) is 6.96. The maximum atomic E-state index is 12.3. The number of hydrogen-bond donors (Lipinski definition) is 2. The van der Waals surface area contributed by atoms with Crippen LogP contribution in [0, 0.1) is 11.3 Å². The Morgan fingerprint density at radius 3 is 2.74 bits per heavy atom. The number of nitrogens with zero attached hydrogens (tertiary/aromatic N) is 4. The second kappa shape index (κ2) is 6.70. The Hall–Kier alpha value is -3.21. The van der Waals surface area contributed by atoms with E-state index in [2.05, 4.69) is 5.32 Å². The molecule has 2 unspecified atom stereocenters. The van der Waals surface area contributed by atoms with Gasteiger partial charge >= 0.3 is 6.03 Å². The third-order valence-electron chi connectivity index (χ3n) is 3.65. The highest BCUT2D eigenvalue weighted by molar-refractivity contribution is 5.93. The van der Waals surface area contributed by atoms with Gasteiger partial charge in [-0.2, -0.15) is 5.26 Å². The smallest absolute Gasteiger partial charge is 0.332 e. The largest absolute Gasteiger partial charge is 0.397 e. The molecule has 120 valence electrons. The molecule has 2 aromatic rings. The van der Waals surface area contributed by atoms with Crippen molar-refractivity contribution >= 4 is 23.8 Å². The molecular formula is C15H18N6O2. The molecule has 3 N–H and O–H groups in total. The number of carbonyl (C=O) groups is 2. The van der Waals surface area contributed by atoms with E-state index in [1.54, 1.807) is 42.3 Å². The maximum Gasteiger partial charge on any atom is 0.332 e. The number of anilines is 2. The molecule has 0 spiro atoms. The molecule has 23 heavy (non-hydrogen) atoms. The van der Waals surface area contributed by atoms with Crippen LogP contribution in [0.1, 0.15) is 13.0 Å². The van der Waals surface area contributed by atoms with Gasteiger partial charge in [0.15, 0.2) is 0 Å². The Morgan fingerprint density at radius 2 is 2.17 bits per heavy atom. The molecule has 0 saturated heterocycles. The Balaban J connectivity index is 2.16. The molecule has 0 fully saturated rings. The van der Waals surface area contributed by atoms with Crippen molar-refractivity contribution in [1.29, 1.82) is 5.26 Å². The molecule has 0 saturated carbocycles. The number of hydrogen-bond acceptors (Lipinski definition) is 4. The van der Waals surface area contributed by atoms with Gasteiger partial charge in [-0.25, -0.2) is 4.79 Å². The summed E-state index contributed by atoms with van der Waals surface area (Å²) in [5.74, 6) is 0. The zero-order valence-electron chi connectivity index (χ0n) is 12.9. The zero-order chi connectivity index (χ0) is 17.0. The van der Waals surface area contributed by atoms with Gasteiger partial charge in [0.05, 0.1) is 17.8 Å². The first kappa shape index (κ1) is 16.2. The molecule has 0 aliphatic carbocycles. The molecule has 0 aliphatic heterocycles. The highest BCUT2D eigenvalue weighted by atomic mass is 16.2. The number of nitrogens with one attached hydrogen (secondary N) is 1. The Labute approximate surface area is 133 Å². The number of carbonyl (C=O) groups excluding carboxylic acids is 2. The van der Waals surface area contributed by atoms with Crippen LogP contribution >= 0.6 is 0 Å². The van der Waals surface area contributed by atoms with Crippen molar-refractivity contribution in [3.05, 3.63) is 36.9 Å². The lowest BCUT2D eigenvalue weighted by atomic mass is 10.1. The summed E-state index contributed by atoms with van der Waals surface area (Å²) in [6, 6.07) is 4.25. The fourth-order valence-electron chi connectivity index (χ4n) is 2.20. The standard InChI is InChI=1S/C15H18N6O2/c1-11(14(7-16)18-10-22)20-6-4-13(9-20)19(2)15(23)21-5-3-12(17)8-21/h3-6,8-11,14H,17H2,1-2H3,(H,18,22). The number of aromatic nitrogens is 2. The second-order valence-corrected chi connectivity index (χ2v) is 5.14. The van der Waals surface area contributed by atoms with E-state index in [0.29, 0.717) is 17.8 Å². The lowest BCUT2D eigenvalue weighted by Crippen LogP contribution is -2.34. The first-order chi connectivity index (χ1) is 11.0. The van der Waals surface area contributed by atoms with Crippen LogP contribution in [0.5, 0.6) is 0 Å². The minimum atomic E-state index is -0.655. The minimum absolute atomic E-state index is 0.255. The van der Waals surface area contributed by atoms with E-state index in [1.807, 2.05) is 13.0 Å². The van der Waals surface area contributed by atoms with Crippen LogP contribution in [0.2, 0.25) is 0 Å². The van der Waals surface area contributed by atoms with Gasteiger partial charge in [-0.1, -0.05) is 0 Å². The molecule has 2 rings (SSSR count). The molecule has 2 heterocycles. The van der Waals surface area contributed by atoms with E-state index in [0.717, 1.165) is 0 Å². The Bertz CT molecular complexity index is 741. The van der Waals surface area contributed by atoms with Gasteiger partial charge in [0, 0.05) is 37.5 Å². The van der Waals surface area contributed by atoms with Crippen LogP contribution in [0.15, 0.2) is 36.9 Å². The van der Waals surface area contributed by atoms with Gasteiger partial charge in [-0.3, -0.25) is 14.3 Å². The molecule has 2 amide bonds. The molecule has 8 heteroatoms. The SMILES string of the molecule is CC(C(C#N)NC=O)n1ccc(N(C)C(=O)n2ccc(N)c2)c1. The van der Waals surface area contributed by atoms with Crippen molar-refractivity contribution in [3.8, 4) is 6.07 Å². The fourth-order valence-corrected chi connectivity index (χ4v) is 2.20. The van der Waals surface area contributed by atoms with Crippen molar-refractivity contribution in [3.63, 3.8) is 0 Å². The van der Waals surface area contributed by atoms with Gasteiger partial charge in [0.1, 0.15) is 6.04 Å². The summed E-state index contributed by atoms with van der Waals surface area (Å²) in [6.45, 7) is 1.81. The van der Waals surface area contributed by atoms with Gasteiger partial charge in [-0.05, 0) is 19.1 Å². The summed E-state index contributed by atoms with van der Waals surface area (Å²) < 4.78 is 3.16. The van der Waals surface area contributed by atoms with E-state index < -0.39 is 6.04 Å². The average Bonchev–Trinajstić information content (AvgIpc) is 3.19. The summed E-state index contributed by atoms with van der Waals surface area (Å²) >= 11 is 0. The van der Waals surface area contributed by atoms with Gasteiger partial charge < -0.3 is 15.6 Å².